The monoisotopic (exact) mass is 814 g/mol. The number of ether oxygens (including phenoxy) is 5. The Morgan fingerprint density at radius 2 is 1.26 bits per heavy atom. The van der Waals surface area contributed by atoms with Crippen molar-refractivity contribution in [1.82, 2.24) is 0 Å². The number of rotatable bonds is 14. The fraction of sp³-hybridized carbons (Fsp3) is 0.543. The summed E-state index contributed by atoms with van der Waals surface area (Å²) < 4.78 is 28.1. The first-order valence-electron chi connectivity index (χ1n) is 15.5. The molecule has 3 aliphatic rings. The van der Waals surface area contributed by atoms with Crippen LogP contribution in [0.2, 0.25) is 0 Å². The van der Waals surface area contributed by atoms with E-state index in [9.17, 15) is 9.59 Å². The van der Waals surface area contributed by atoms with Crippen LogP contribution in [0.4, 0.5) is 0 Å². The van der Waals surface area contributed by atoms with Gasteiger partial charge in [-0.15, -0.1) is 0 Å². The van der Waals surface area contributed by atoms with E-state index in [1.54, 1.807) is 0 Å². The third-order valence-corrected chi connectivity index (χ3v) is 8.66. The average molecular weight is 815 g/mol. The molecule has 1 aliphatic heterocycles. The maximum atomic E-state index is 12.3. The Kier molecular flexibility index (Phi) is 12.9. The summed E-state index contributed by atoms with van der Waals surface area (Å²) in [4.78, 5) is 24.4. The first kappa shape index (κ1) is 33.9. The fourth-order valence-electron chi connectivity index (χ4n) is 5.80. The number of carbonyl (C=O) groups is 2. The van der Waals surface area contributed by atoms with Crippen molar-refractivity contribution in [3.05, 3.63) is 72.5 Å². The zero-order chi connectivity index (χ0) is 29.4. The summed E-state index contributed by atoms with van der Waals surface area (Å²) in [6.07, 6.45) is 11.5. The predicted octanol–water partition coefficient (Wildman–Crippen LogP) is 6.41. The van der Waals surface area contributed by atoms with Crippen LogP contribution in [0.3, 0.4) is 0 Å². The molecule has 230 valence electrons. The van der Waals surface area contributed by atoms with E-state index < -0.39 is 0 Å². The van der Waals surface area contributed by atoms with Crippen molar-refractivity contribution < 1.29 is 64.4 Å². The molecule has 0 amide bonds. The molecule has 2 aromatic rings. The summed E-state index contributed by atoms with van der Waals surface area (Å²) in [7, 11) is 0. The molecule has 0 aromatic heterocycles. The van der Waals surface area contributed by atoms with Gasteiger partial charge in [0.15, 0.2) is 0 Å². The van der Waals surface area contributed by atoms with Crippen molar-refractivity contribution in [2.75, 3.05) is 26.4 Å². The summed E-state index contributed by atoms with van der Waals surface area (Å²) >= 11 is 0. The summed E-state index contributed by atoms with van der Waals surface area (Å²) in [5.74, 6) is 1.37. The van der Waals surface area contributed by atoms with Crippen LogP contribution in [0.25, 0.3) is 0 Å². The summed E-state index contributed by atoms with van der Waals surface area (Å²) in [6, 6.07) is 16.4. The van der Waals surface area contributed by atoms with Crippen LogP contribution in [0.15, 0.2) is 48.5 Å². The van der Waals surface area contributed by atoms with E-state index in [2.05, 4.69) is 51.0 Å². The topological polar surface area (TPSA) is 83.6 Å². The van der Waals surface area contributed by atoms with E-state index in [0.717, 1.165) is 50.0 Å². The first-order chi connectivity index (χ1) is 20.4. The van der Waals surface area contributed by atoms with Crippen LogP contribution in [0.1, 0.15) is 76.3 Å². The van der Waals surface area contributed by atoms with Crippen molar-refractivity contribution in [2.45, 2.75) is 82.8 Å². The SMILES string of the molecule is CC(C)(c1ccc(OCCCOC(=O)C2C[CH-]C[CH-]C2)cc1)c1ccc(OCCCOC(=O)[C@H]2CCC3OC3C2)cc1.[U+2]. The molecule has 7 nitrogen and oxygen atoms in total. The molecule has 2 unspecified atom stereocenters. The van der Waals surface area contributed by atoms with Gasteiger partial charge in [0.25, 0.3) is 0 Å². The molecule has 8 heteroatoms. The van der Waals surface area contributed by atoms with Gasteiger partial charge in [-0.1, -0.05) is 38.1 Å². The summed E-state index contributed by atoms with van der Waals surface area (Å²) in [5.41, 5.74) is 2.17. The number of hydrogen-bond acceptors (Lipinski definition) is 7. The molecule has 2 aliphatic carbocycles. The normalized spacial score (nSPS) is 21.6. The third kappa shape index (κ3) is 9.74. The number of hydrogen-bond donors (Lipinski definition) is 0. The molecule has 2 saturated carbocycles. The van der Waals surface area contributed by atoms with Gasteiger partial charge in [0.05, 0.1) is 44.6 Å². The van der Waals surface area contributed by atoms with Crippen LogP contribution in [-0.2, 0) is 29.2 Å². The first-order valence-corrected chi connectivity index (χ1v) is 15.5. The van der Waals surface area contributed by atoms with Crippen molar-refractivity contribution in [2.24, 2.45) is 11.8 Å². The Morgan fingerprint density at radius 1 is 0.744 bits per heavy atom. The number of epoxide rings is 1. The maximum Gasteiger partial charge on any atom is 2.00 e. The van der Waals surface area contributed by atoms with Crippen LogP contribution < -0.4 is 9.47 Å². The van der Waals surface area contributed by atoms with Crippen molar-refractivity contribution in [3.63, 3.8) is 0 Å². The molecule has 0 bridgehead atoms. The third-order valence-electron chi connectivity index (χ3n) is 8.66. The van der Waals surface area contributed by atoms with Gasteiger partial charge in [-0.2, -0.15) is 12.8 Å². The molecule has 2 aromatic carbocycles. The van der Waals surface area contributed by atoms with Crippen molar-refractivity contribution >= 4 is 11.9 Å². The predicted molar refractivity (Wildman–Crippen MR) is 159 cm³/mol. The fourth-order valence-corrected chi connectivity index (χ4v) is 5.80. The molecule has 1 heterocycles. The van der Waals surface area contributed by atoms with E-state index >= 15 is 0 Å². The van der Waals surface area contributed by atoms with Crippen LogP contribution in [0.5, 0.6) is 11.5 Å². The van der Waals surface area contributed by atoms with E-state index in [1.807, 2.05) is 24.3 Å². The molecule has 5 rings (SSSR count). The van der Waals surface area contributed by atoms with Gasteiger partial charge in [0.2, 0.25) is 0 Å². The zero-order valence-electron chi connectivity index (χ0n) is 25.4. The van der Waals surface area contributed by atoms with Gasteiger partial charge in [0, 0.05) is 24.2 Å². The Balaban J connectivity index is 0.00000423. The number of benzene rings is 2. The molecule has 3 atom stereocenters. The molecule has 0 radical (unpaired) electrons. The minimum atomic E-state index is -0.196. The molecule has 43 heavy (non-hydrogen) atoms. The average Bonchev–Trinajstić information content (AvgIpc) is 3.81. The van der Waals surface area contributed by atoms with E-state index in [-0.39, 0.29) is 66.4 Å². The van der Waals surface area contributed by atoms with Crippen LogP contribution >= 0.6 is 0 Å². The second kappa shape index (κ2) is 16.3. The smallest absolute Gasteiger partial charge is 0.493 e. The summed E-state index contributed by atoms with van der Waals surface area (Å²) in [6.45, 7) is 6.15. The second-order valence-electron chi connectivity index (χ2n) is 12.1. The Labute approximate surface area is 280 Å². The van der Waals surface area contributed by atoms with Gasteiger partial charge >= 0.3 is 43.1 Å². The summed E-state index contributed by atoms with van der Waals surface area (Å²) in [5, 5.41) is 0. The van der Waals surface area contributed by atoms with Gasteiger partial charge < -0.3 is 42.9 Å². The van der Waals surface area contributed by atoms with Gasteiger partial charge in [-0.25, -0.2) is 0 Å². The molecule has 1 saturated heterocycles. The minimum Gasteiger partial charge on any atom is -0.493 e. The number of esters is 2. The number of fused-ring (bicyclic) bond motifs is 1. The minimum absolute atomic E-state index is 0. The Morgan fingerprint density at radius 3 is 1.77 bits per heavy atom. The van der Waals surface area contributed by atoms with Crippen molar-refractivity contribution in [3.8, 4) is 11.5 Å². The van der Waals surface area contributed by atoms with E-state index in [0.29, 0.717) is 45.4 Å². The van der Waals surface area contributed by atoms with Crippen LogP contribution in [-0.4, -0.2) is 50.6 Å². The van der Waals surface area contributed by atoms with Gasteiger partial charge in [-0.3, -0.25) is 9.59 Å². The molecule has 3 fully saturated rings. The largest absolute Gasteiger partial charge is 2.00 e. The van der Waals surface area contributed by atoms with E-state index in [4.69, 9.17) is 23.7 Å². The Bertz CT molecular complexity index is 1160. The molecular formula is C35H44O7U. The van der Waals surface area contributed by atoms with Crippen LogP contribution in [0, 0.1) is 55.8 Å². The molecule has 0 N–H and O–H groups in total. The standard InChI is InChI=1S/C35H44O7.U/c1-35(2,27-11-15-29(16-12-27)38-20-6-22-40-33(36)25-8-4-3-5-9-25)28-13-17-30(18-14-28)39-21-7-23-41-34(37)26-10-19-31-32(24-26)42-31;/h4-5,11-18,25-26,31-32H,3,6-10,19-24H2,1-2H3;/q-2;+2/t26-,31?,32?;/m0./s1. The van der Waals surface area contributed by atoms with E-state index in [1.165, 1.54) is 11.1 Å². The number of carbonyl (C=O) groups excluding carboxylic acids is 2. The van der Waals surface area contributed by atoms with Gasteiger partial charge in [-0.05, 0) is 54.7 Å². The zero-order valence-corrected chi connectivity index (χ0v) is 29.6. The molecular weight excluding hydrogens is 770 g/mol. The Hall–Kier alpha value is -2.01. The molecule has 0 spiro atoms. The second-order valence-corrected chi connectivity index (χ2v) is 12.1. The quantitative estimate of drug-likeness (QED) is 0.0944. The van der Waals surface area contributed by atoms with Crippen molar-refractivity contribution in [1.29, 1.82) is 0 Å². The van der Waals surface area contributed by atoms with Gasteiger partial charge in [0.1, 0.15) is 11.5 Å². The maximum absolute atomic E-state index is 12.3.